The molecule has 1 aromatic heterocycles. The zero-order valence-corrected chi connectivity index (χ0v) is 14.5. The quantitative estimate of drug-likeness (QED) is 0.691. The van der Waals surface area contributed by atoms with Crippen LogP contribution in [-0.2, 0) is 0 Å². The Balaban J connectivity index is 1.99. The highest BCUT2D eigenvalue weighted by atomic mass is 79.9. The van der Waals surface area contributed by atoms with Crippen molar-refractivity contribution in [1.29, 1.82) is 0 Å². The molecule has 0 bridgehead atoms. The first kappa shape index (κ1) is 15.5. The van der Waals surface area contributed by atoms with Crippen LogP contribution in [0.5, 0.6) is 0 Å². The maximum absolute atomic E-state index is 3.72. The first-order valence-electron chi connectivity index (χ1n) is 7.72. The minimum atomic E-state index is 0.557. The van der Waals surface area contributed by atoms with Gasteiger partial charge < -0.3 is 5.32 Å². The fourth-order valence-corrected chi connectivity index (χ4v) is 5.23. The van der Waals surface area contributed by atoms with Crippen LogP contribution in [0.1, 0.15) is 63.3 Å². The Morgan fingerprint density at radius 1 is 1.32 bits per heavy atom. The van der Waals surface area contributed by atoms with Crippen molar-refractivity contribution in [2.45, 2.75) is 58.4 Å². The van der Waals surface area contributed by atoms with E-state index in [9.17, 15) is 0 Å². The van der Waals surface area contributed by atoms with Crippen LogP contribution in [0, 0.1) is 11.8 Å². The molecule has 1 heterocycles. The zero-order chi connectivity index (χ0) is 13.7. The fourth-order valence-electron chi connectivity index (χ4n) is 3.44. The molecule has 1 aliphatic carbocycles. The van der Waals surface area contributed by atoms with Crippen LogP contribution >= 0.6 is 27.3 Å². The predicted octanol–water partition coefficient (Wildman–Crippen LogP) is 5.77. The second kappa shape index (κ2) is 7.80. The van der Waals surface area contributed by atoms with Crippen LogP contribution in [-0.4, -0.2) is 6.54 Å². The number of hydrogen-bond acceptors (Lipinski definition) is 2. The van der Waals surface area contributed by atoms with Gasteiger partial charge >= 0.3 is 0 Å². The van der Waals surface area contributed by atoms with Crippen LogP contribution in [0.25, 0.3) is 0 Å². The van der Waals surface area contributed by atoms with Crippen molar-refractivity contribution in [3.8, 4) is 0 Å². The third kappa shape index (κ3) is 4.05. The summed E-state index contributed by atoms with van der Waals surface area (Å²) in [5, 5.41) is 5.92. The Morgan fingerprint density at radius 2 is 2.05 bits per heavy atom. The highest BCUT2D eigenvalue weighted by Gasteiger charge is 2.29. The molecule has 19 heavy (non-hydrogen) atoms. The zero-order valence-electron chi connectivity index (χ0n) is 12.1. The van der Waals surface area contributed by atoms with Crippen LogP contribution in [0.15, 0.2) is 15.9 Å². The van der Waals surface area contributed by atoms with Crippen molar-refractivity contribution in [3.05, 3.63) is 20.8 Å². The van der Waals surface area contributed by atoms with E-state index in [-0.39, 0.29) is 0 Å². The van der Waals surface area contributed by atoms with Gasteiger partial charge in [0.05, 0.1) is 0 Å². The van der Waals surface area contributed by atoms with E-state index in [1.54, 1.807) is 0 Å². The molecular formula is C16H26BrNS. The molecule has 3 heteroatoms. The molecule has 0 amide bonds. The van der Waals surface area contributed by atoms with E-state index in [0.717, 1.165) is 18.4 Å². The van der Waals surface area contributed by atoms with E-state index in [1.807, 2.05) is 11.3 Å². The largest absolute Gasteiger partial charge is 0.309 e. The maximum atomic E-state index is 3.72. The molecule has 2 rings (SSSR count). The summed E-state index contributed by atoms with van der Waals surface area (Å²) < 4.78 is 1.29. The summed E-state index contributed by atoms with van der Waals surface area (Å²) in [6.45, 7) is 5.59. The van der Waals surface area contributed by atoms with Gasteiger partial charge in [0.15, 0.2) is 0 Å². The average molecular weight is 344 g/mol. The Bertz CT molecular complexity index is 369. The van der Waals surface area contributed by atoms with Gasteiger partial charge in [-0.1, -0.05) is 39.5 Å². The summed E-state index contributed by atoms with van der Waals surface area (Å²) in [6, 6.07) is 2.74. The molecule has 1 unspecified atom stereocenters. The van der Waals surface area contributed by atoms with Gasteiger partial charge in [0.2, 0.25) is 0 Å². The lowest BCUT2D eigenvalue weighted by Crippen LogP contribution is -2.30. The Hall–Kier alpha value is 0.140. The molecule has 0 radical (unpaired) electrons. The van der Waals surface area contributed by atoms with Gasteiger partial charge in [-0.3, -0.25) is 0 Å². The topological polar surface area (TPSA) is 12.0 Å². The Morgan fingerprint density at radius 3 is 2.58 bits per heavy atom. The lowest BCUT2D eigenvalue weighted by molar-refractivity contribution is 0.217. The van der Waals surface area contributed by atoms with Gasteiger partial charge in [0.1, 0.15) is 0 Å². The van der Waals surface area contributed by atoms with Gasteiger partial charge in [-0.25, -0.2) is 0 Å². The minimum absolute atomic E-state index is 0.557. The molecule has 1 saturated carbocycles. The third-order valence-electron chi connectivity index (χ3n) is 4.41. The van der Waals surface area contributed by atoms with E-state index in [1.165, 1.54) is 47.9 Å². The molecule has 0 spiro atoms. The molecule has 1 N–H and O–H groups in total. The lowest BCUT2D eigenvalue weighted by Gasteiger charge is -2.34. The van der Waals surface area contributed by atoms with E-state index in [4.69, 9.17) is 0 Å². The Kier molecular flexibility index (Phi) is 6.37. The first-order valence-corrected chi connectivity index (χ1v) is 9.39. The smallest absolute Gasteiger partial charge is 0.0454 e. The summed E-state index contributed by atoms with van der Waals surface area (Å²) in [5.41, 5.74) is 0. The molecular weight excluding hydrogens is 318 g/mol. The van der Waals surface area contributed by atoms with Crippen LogP contribution in [0.3, 0.4) is 0 Å². The van der Waals surface area contributed by atoms with Crippen LogP contribution < -0.4 is 5.32 Å². The van der Waals surface area contributed by atoms with E-state index >= 15 is 0 Å². The Labute approximate surface area is 130 Å². The van der Waals surface area contributed by atoms with Gasteiger partial charge in [0.25, 0.3) is 0 Å². The summed E-state index contributed by atoms with van der Waals surface area (Å²) in [5.74, 6) is 1.82. The number of halogens is 1. The normalized spacial score (nSPS) is 25.4. The molecule has 1 atom stereocenters. The summed E-state index contributed by atoms with van der Waals surface area (Å²) in [4.78, 5) is 1.50. The predicted molar refractivity (Wildman–Crippen MR) is 88.8 cm³/mol. The maximum Gasteiger partial charge on any atom is 0.0454 e. The van der Waals surface area contributed by atoms with Gasteiger partial charge in [-0.15, -0.1) is 11.3 Å². The van der Waals surface area contributed by atoms with Crippen molar-refractivity contribution in [3.63, 3.8) is 0 Å². The second-order valence-electron chi connectivity index (χ2n) is 5.74. The highest BCUT2D eigenvalue weighted by molar-refractivity contribution is 9.10. The highest BCUT2D eigenvalue weighted by Crippen LogP contribution is 2.41. The third-order valence-corrected chi connectivity index (χ3v) is 6.36. The second-order valence-corrected chi connectivity index (χ2v) is 7.54. The standard InChI is InChI=1S/C16H26BrNS/c1-3-5-12-6-8-13(9-7-12)15(18-4-2)16-14(17)10-11-19-16/h10-13,15,18H,3-9H2,1-2H3. The average Bonchev–Trinajstić information content (AvgIpc) is 2.84. The van der Waals surface area contributed by atoms with Crippen LogP contribution in [0.2, 0.25) is 0 Å². The minimum Gasteiger partial charge on any atom is -0.309 e. The summed E-state index contributed by atoms with van der Waals surface area (Å²) in [7, 11) is 0. The monoisotopic (exact) mass is 343 g/mol. The van der Waals surface area contributed by atoms with Crippen molar-refractivity contribution in [1.82, 2.24) is 5.32 Å². The van der Waals surface area contributed by atoms with E-state index in [0.29, 0.717) is 6.04 Å². The van der Waals surface area contributed by atoms with Crippen LogP contribution in [0.4, 0.5) is 0 Å². The van der Waals surface area contributed by atoms with Crippen molar-refractivity contribution in [2.24, 2.45) is 11.8 Å². The van der Waals surface area contributed by atoms with Crippen molar-refractivity contribution < 1.29 is 0 Å². The molecule has 0 saturated heterocycles. The summed E-state index contributed by atoms with van der Waals surface area (Å²) in [6.07, 6.45) is 8.44. The molecule has 0 aromatic carbocycles. The molecule has 1 aromatic rings. The van der Waals surface area contributed by atoms with Gasteiger partial charge in [-0.05, 0) is 58.6 Å². The number of thiophene rings is 1. The molecule has 0 aliphatic heterocycles. The fraction of sp³-hybridized carbons (Fsp3) is 0.750. The van der Waals surface area contributed by atoms with E-state index < -0.39 is 0 Å². The van der Waals surface area contributed by atoms with Gasteiger partial charge in [0, 0.05) is 15.4 Å². The molecule has 1 fully saturated rings. The molecule has 1 nitrogen and oxygen atoms in total. The number of rotatable bonds is 6. The number of nitrogens with one attached hydrogen (secondary N) is 1. The SMILES string of the molecule is CCCC1CCC(C(NCC)c2sccc2Br)CC1. The van der Waals surface area contributed by atoms with Gasteiger partial charge in [-0.2, -0.15) is 0 Å². The van der Waals surface area contributed by atoms with Crippen molar-refractivity contribution >= 4 is 27.3 Å². The number of hydrogen-bond donors (Lipinski definition) is 1. The van der Waals surface area contributed by atoms with Crippen molar-refractivity contribution in [2.75, 3.05) is 6.54 Å². The lowest BCUT2D eigenvalue weighted by atomic mass is 9.76. The molecule has 108 valence electrons. The molecule has 1 aliphatic rings. The van der Waals surface area contributed by atoms with E-state index in [2.05, 4.69) is 46.5 Å². The first-order chi connectivity index (χ1) is 9.26. The summed E-state index contributed by atoms with van der Waals surface area (Å²) >= 11 is 5.60.